The molecule has 0 unspecified atom stereocenters. The molecule has 0 bridgehead atoms. The van der Waals surface area contributed by atoms with Gasteiger partial charge in [0.25, 0.3) is 0 Å². The Morgan fingerprint density at radius 2 is 1.74 bits per heavy atom. The Bertz CT molecular complexity index is 821. The fraction of sp³-hybridized carbons (Fsp3) is 0. The normalized spacial score (nSPS) is 10.8. The predicted molar refractivity (Wildman–Crippen MR) is 88.8 cm³/mol. The third-order valence-corrected chi connectivity index (χ3v) is 3.20. The number of nitrogens with one attached hydrogen (secondary N) is 1. The summed E-state index contributed by atoms with van der Waals surface area (Å²) < 4.78 is 5.67. The molecule has 0 aliphatic rings. The second-order valence-corrected chi connectivity index (χ2v) is 4.82. The Kier molecular flexibility index (Phi) is 4.20. The largest absolute Gasteiger partial charge is 0.478 e. The van der Waals surface area contributed by atoms with E-state index >= 15 is 0 Å². The van der Waals surface area contributed by atoms with Crippen LogP contribution in [0.25, 0.3) is 11.3 Å². The smallest absolute Gasteiger partial charge is 0.335 e. The van der Waals surface area contributed by atoms with Crippen LogP contribution in [-0.4, -0.2) is 17.3 Å². The molecule has 0 amide bonds. The Balaban J connectivity index is 1.69. The molecular formula is C18H14N2O3. The molecule has 114 valence electrons. The molecule has 0 atom stereocenters. The molecule has 0 fully saturated rings. The topological polar surface area (TPSA) is 74.8 Å². The fourth-order valence-electron chi connectivity index (χ4n) is 2.04. The second kappa shape index (κ2) is 6.62. The molecule has 0 spiro atoms. The van der Waals surface area contributed by atoms with E-state index in [1.165, 1.54) is 0 Å². The number of aromatic carboxylic acids is 1. The zero-order valence-corrected chi connectivity index (χ0v) is 12.1. The number of para-hydroxylation sites is 1. The molecule has 1 aromatic heterocycles. The van der Waals surface area contributed by atoms with Crippen LogP contribution in [0, 0.1) is 0 Å². The van der Waals surface area contributed by atoms with Gasteiger partial charge in [0.05, 0.1) is 17.5 Å². The summed E-state index contributed by atoms with van der Waals surface area (Å²) in [5.74, 6) is 0.310. The summed E-state index contributed by atoms with van der Waals surface area (Å²) in [6.07, 6.45) is 1.59. The highest BCUT2D eigenvalue weighted by atomic mass is 16.4. The van der Waals surface area contributed by atoms with Gasteiger partial charge in [0.15, 0.2) is 0 Å². The number of furan rings is 1. The van der Waals surface area contributed by atoms with Crippen LogP contribution >= 0.6 is 0 Å². The van der Waals surface area contributed by atoms with E-state index in [0.717, 1.165) is 11.3 Å². The van der Waals surface area contributed by atoms with E-state index < -0.39 is 5.97 Å². The highest BCUT2D eigenvalue weighted by Crippen LogP contribution is 2.22. The Morgan fingerprint density at radius 1 is 1.00 bits per heavy atom. The van der Waals surface area contributed by atoms with Crippen molar-refractivity contribution in [1.82, 2.24) is 0 Å². The average Bonchev–Trinajstić information content (AvgIpc) is 3.05. The van der Waals surface area contributed by atoms with Gasteiger partial charge in [-0.25, -0.2) is 4.79 Å². The molecule has 2 N–H and O–H groups in total. The summed E-state index contributed by atoms with van der Waals surface area (Å²) in [5, 5.41) is 13.0. The Hall–Kier alpha value is -3.34. The average molecular weight is 306 g/mol. The maximum atomic E-state index is 10.8. The fourth-order valence-corrected chi connectivity index (χ4v) is 2.04. The summed E-state index contributed by atoms with van der Waals surface area (Å²) in [6, 6.07) is 19.7. The number of nitrogens with zero attached hydrogens (tertiary/aromatic N) is 1. The molecule has 0 radical (unpaired) electrons. The predicted octanol–water partition coefficient (Wildman–Crippen LogP) is 4.09. The second-order valence-electron chi connectivity index (χ2n) is 4.82. The van der Waals surface area contributed by atoms with E-state index in [-0.39, 0.29) is 5.56 Å². The van der Waals surface area contributed by atoms with Crippen molar-refractivity contribution in [3.8, 4) is 11.3 Å². The number of carboxylic acid groups (broad SMARTS) is 1. The molecule has 5 nitrogen and oxygen atoms in total. The summed E-state index contributed by atoms with van der Waals surface area (Å²) in [6.45, 7) is 0. The van der Waals surface area contributed by atoms with Gasteiger partial charge in [0, 0.05) is 5.56 Å². The lowest BCUT2D eigenvalue weighted by atomic mass is 10.1. The van der Waals surface area contributed by atoms with Crippen molar-refractivity contribution < 1.29 is 14.3 Å². The lowest BCUT2D eigenvalue weighted by molar-refractivity contribution is 0.0697. The number of rotatable bonds is 5. The van der Waals surface area contributed by atoms with Gasteiger partial charge in [-0.1, -0.05) is 30.3 Å². The molecule has 23 heavy (non-hydrogen) atoms. The molecule has 0 saturated heterocycles. The monoisotopic (exact) mass is 306 g/mol. The van der Waals surface area contributed by atoms with Gasteiger partial charge in [0.1, 0.15) is 11.5 Å². The summed E-state index contributed by atoms with van der Waals surface area (Å²) in [4.78, 5) is 10.8. The van der Waals surface area contributed by atoms with E-state index in [0.29, 0.717) is 11.5 Å². The van der Waals surface area contributed by atoms with Crippen LogP contribution in [0.4, 0.5) is 5.69 Å². The SMILES string of the molecule is O=C(O)c1ccc(-c2ccc(/C=N\Nc3ccccc3)o2)cc1. The number of hydrogen-bond acceptors (Lipinski definition) is 4. The van der Waals surface area contributed by atoms with Crippen LogP contribution in [0.1, 0.15) is 16.1 Å². The molecule has 2 aromatic carbocycles. The lowest BCUT2D eigenvalue weighted by Gasteiger charge is -1.98. The Morgan fingerprint density at radius 3 is 2.43 bits per heavy atom. The van der Waals surface area contributed by atoms with Crippen molar-refractivity contribution in [3.05, 3.63) is 78.1 Å². The first kappa shape index (κ1) is 14.6. The minimum atomic E-state index is -0.948. The van der Waals surface area contributed by atoms with Crippen LogP contribution < -0.4 is 5.43 Å². The first-order valence-electron chi connectivity index (χ1n) is 7.00. The van der Waals surface area contributed by atoms with Gasteiger partial charge < -0.3 is 9.52 Å². The maximum absolute atomic E-state index is 10.8. The van der Waals surface area contributed by atoms with E-state index in [9.17, 15) is 4.79 Å². The zero-order chi connectivity index (χ0) is 16.1. The van der Waals surface area contributed by atoms with Crippen LogP contribution in [0.15, 0.2) is 76.2 Å². The van der Waals surface area contributed by atoms with Crippen LogP contribution in [0.3, 0.4) is 0 Å². The molecule has 0 aliphatic carbocycles. The van der Waals surface area contributed by atoms with E-state index in [2.05, 4.69) is 10.5 Å². The van der Waals surface area contributed by atoms with Crippen molar-refractivity contribution in [1.29, 1.82) is 0 Å². The van der Waals surface area contributed by atoms with Crippen molar-refractivity contribution in [3.63, 3.8) is 0 Å². The van der Waals surface area contributed by atoms with Crippen molar-refractivity contribution >= 4 is 17.9 Å². The molecule has 1 heterocycles. The molecule has 0 saturated carbocycles. The number of hydrogen-bond donors (Lipinski definition) is 2. The molecule has 0 aliphatic heterocycles. The third kappa shape index (κ3) is 3.65. The molecule has 5 heteroatoms. The van der Waals surface area contributed by atoms with E-state index in [1.54, 1.807) is 36.5 Å². The van der Waals surface area contributed by atoms with Crippen LogP contribution in [0.2, 0.25) is 0 Å². The zero-order valence-electron chi connectivity index (χ0n) is 12.1. The molecular weight excluding hydrogens is 292 g/mol. The van der Waals surface area contributed by atoms with Crippen LogP contribution in [-0.2, 0) is 0 Å². The van der Waals surface area contributed by atoms with Gasteiger partial charge in [-0.05, 0) is 36.4 Å². The van der Waals surface area contributed by atoms with Gasteiger partial charge in [-0.15, -0.1) is 0 Å². The highest BCUT2D eigenvalue weighted by molar-refractivity contribution is 5.88. The van der Waals surface area contributed by atoms with E-state index in [4.69, 9.17) is 9.52 Å². The maximum Gasteiger partial charge on any atom is 0.335 e. The van der Waals surface area contributed by atoms with Crippen molar-refractivity contribution in [2.75, 3.05) is 5.43 Å². The summed E-state index contributed by atoms with van der Waals surface area (Å²) >= 11 is 0. The van der Waals surface area contributed by atoms with Crippen LogP contribution in [0.5, 0.6) is 0 Å². The quantitative estimate of drug-likeness (QED) is 0.550. The molecule has 3 rings (SSSR count). The van der Waals surface area contributed by atoms with Crippen molar-refractivity contribution in [2.24, 2.45) is 5.10 Å². The third-order valence-electron chi connectivity index (χ3n) is 3.20. The van der Waals surface area contributed by atoms with E-state index in [1.807, 2.05) is 36.4 Å². The first-order chi connectivity index (χ1) is 11.2. The Labute approximate surface area is 132 Å². The van der Waals surface area contributed by atoms with Crippen molar-refractivity contribution in [2.45, 2.75) is 0 Å². The minimum Gasteiger partial charge on any atom is -0.478 e. The number of anilines is 1. The minimum absolute atomic E-state index is 0.245. The van der Waals surface area contributed by atoms with Gasteiger partial charge in [0.2, 0.25) is 0 Å². The number of carboxylic acids is 1. The number of carbonyl (C=O) groups is 1. The van der Waals surface area contributed by atoms with Gasteiger partial charge in [-0.2, -0.15) is 5.10 Å². The number of benzene rings is 2. The summed E-state index contributed by atoms with van der Waals surface area (Å²) in [5.41, 5.74) is 4.85. The number of hydrazone groups is 1. The first-order valence-corrected chi connectivity index (χ1v) is 7.00. The standard InChI is InChI=1S/C18H14N2O3/c21-18(22)14-8-6-13(7-9-14)17-11-10-16(23-17)12-19-20-15-4-2-1-3-5-15/h1-12,20H,(H,21,22)/b19-12-. The van der Waals surface area contributed by atoms with Gasteiger partial charge in [-0.3, -0.25) is 5.43 Å². The lowest BCUT2D eigenvalue weighted by Crippen LogP contribution is -1.94. The molecule has 3 aromatic rings. The highest BCUT2D eigenvalue weighted by Gasteiger charge is 2.06. The summed E-state index contributed by atoms with van der Waals surface area (Å²) in [7, 11) is 0. The van der Waals surface area contributed by atoms with Gasteiger partial charge >= 0.3 is 5.97 Å².